The summed E-state index contributed by atoms with van der Waals surface area (Å²) in [4.78, 5) is 24.0. The van der Waals surface area contributed by atoms with Crippen LogP contribution < -0.4 is 4.90 Å². The Morgan fingerprint density at radius 1 is 1.27 bits per heavy atom. The smallest absolute Gasteiger partial charge is 0.234 e. The van der Waals surface area contributed by atoms with Gasteiger partial charge in [0.15, 0.2) is 5.78 Å². The van der Waals surface area contributed by atoms with Gasteiger partial charge in [-0.15, -0.1) is 11.6 Å². The topological polar surface area (TPSA) is 37.4 Å². The van der Waals surface area contributed by atoms with Crippen molar-refractivity contribution < 1.29 is 9.59 Å². The van der Waals surface area contributed by atoms with Crippen molar-refractivity contribution in [2.45, 2.75) is 6.42 Å². The maximum atomic E-state index is 11.6. The maximum absolute atomic E-state index is 11.6. The Morgan fingerprint density at radius 2 is 1.87 bits per heavy atom. The largest absolute Gasteiger partial charge is 0.315 e. The molecule has 0 unspecified atom stereocenters. The molecule has 1 aromatic carbocycles. The van der Waals surface area contributed by atoms with Crippen LogP contribution in [0.2, 0.25) is 0 Å². The number of nitrogens with zero attached hydrogens (tertiary/aromatic N) is 1. The molecule has 0 aliphatic heterocycles. The van der Waals surface area contributed by atoms with Crippen LogP contribution in [0, 0.1) is 0 Å². The maximum Gasteiger partial charge on any atom is 0.234 e. The SMILES string of the molecule is CN(C(=O)CC(=O)CCl)c1ccccc1. The minimum atomic E-state index is -0.260. The number of para-hydroxylation sites is 1. The first-order chi connectivity index (χ1) is 7.15. The van der Waals surface area contributed by atoms with E-state index in [9.17, 15) is 9.59 Å². The van der Waals surface area contributed by atoms with Gasteiger partial charge in [0, 0.05) is 12.7 Å². The van der Waals surface area contributed by atoms with Crippen molar-refractivity contribution in [2.75, 3.05) is 17.8 Å². The molecule has 0 N–H and O–H groups in total. The average Bonchev–Trinajstić information content (AvgIpc) is 2.29. The van der Waals surface area contributed by atoms with Crippen molar-refractivity contribution in [3.63, 3.8) is 0 Å². The molecular weight excluding hydrogens is 214 g/mol. The van der Waals surface area contributed by atoms with E-state index >= 15 is 0 Å². The number of amides is 1. The predicted molar refractivity (Wildman–Crippen MR) is 60.2 cm³/mol. The van der Waals surface area contributed by atoms with Crippen molar-refractivity contribution in [1.29, 1.82) is 0 Å². The molecule has 1 rings (SSSR count). The number of hydrogen-bond donors (Lipinski definition) is 0. The number of rotatable bonds is 4. The van der Waals surface area contributed by atoms with Crippen LogP contribution in [0.3, 0.4) is 0 Å². The van der Waals surface area contributed by atoms with E-state index in [1.807, 2.05) is 30.3 Å². The summed E-state index contributed by atoms with van der Waals surface area (Å²) in [6.45, 7) is 0. The number of carbonyl (C=O) groups excluding carboxylic acids is 2. The third kappa shape index (κ3) is 3.36. The second-order valence-electron chi connectivity index (χ2n) is 3.14. The summed E-state index contributed by atoms with van der Waals surface area (Å²) in [7, 11) is 1.64. The molecule has 1 aromatic rings. The van der Waals surface area contributed by atoms with Crippen LogP contribution in [-0.4, -0.2) is 24.6 Å². The van der Waals surface area contributed by atoms with Gasteiger partial charge in [0.2, 0.25) is 5.91 Å². The monoisotopic (exact) mass is 225 g/mol. The standard InChI is InChI=1S/C11H12ClNO2/c1-13(9-5-3-2-4-6-9)11(15)7-10(14)8-12/h2-6H,7-8H2,1H3. The molecule has 0 bridgehead atoms. The van der Waals surface area contributed by atoms with E-state index in [0.717, 1.165) is 5.69 Å². The molecule has 0 saturated heterocycles. The van der Waals surface area contributed by atoms with E-state index in [0.29, 0.717) is 0 Å². The molecule has 0 spiro atoms. The van der Waals surface area contributed by atoms with Crippen LogP contribution in [0.1, 0.15) is 6.42 Å². The van der Waals surface area contributed by atoms with Crippen molar-refractivity contribution in [3.05, 3.63) is 30.3 Å². The van der Waals surface area contributed by atoms with Crippen molar-refractivity contribution in [2.24, 2.45) is 0 Å². The highest BCUT2D eigenvalue weighted by atomic mass is 35.5. The zero-order chi connectivity index (χ0) is 11.3. The number of halogens is 1. The highest BCUT2D eigenvalue weighted by molar-refractivity contribution is 6.29. The lowest BCUT2D eigenvalue weighted by Crippen LogP contribution is -2.28. The molecule has 0 saturated carbocycles. The molecule has 0 aromatic heterocycles. The predicted octanol–water partition coefficient (Wildman–Crippen LogP) is 1.85. The summed E-state index contributed by atoms with van der Waals surface area (Å²) in [6.07, 6.45) is -0.144. The number of hydrogen-bond acceptors (Lipinski definition) is 2. The van der Waals surface area contributed by atoms with E-state index in [1.54, 1.807) is 7.05 Å². The van der Waals surface area contributed by atoms with Crippen molar-refractivity contribution >= 4 is 29.0 Å². The highest BCUT2D eigenvalue weighted by Gasteiger charge is 2.13. The van der Waals surface area contributed by atoms with Gasteiger partial charge >= 0.3 is 0 Å². The Morgan fingerprint density at radius 3 is 2.40 bits per heavy atom. The zero-order valence-electron chi connectivity index (χ0n) is 8.44. The highest BCUT2D eigenvalue weighted by Crippen LogP contribution is 2.12. The van der Waals surface area contributed by atoms with Gasteiger partial charge in [-0.2, -0.15) is 0 Å². The van der Waals surface area contributed by atoms with Crippen molar-refractivity contribution in [1.82, 2.24) is 0 Å². The first kappa shape index (κ1) is 11.7. The van der Waals surface area contributed by atoms with Crippen LogP contribution in [0.4, 0.5) is 5.69 Å². The Bertz CT molecular complexity index is 351. The lowest BCUT2D eigenvalue weighted by atomic mass is 10.2. The van der Waals surface area contributed by atoms with Crippen LogP contribution in [-0.2, 0) is 9.59 Å². The van der Waals surface area contributed by atoms with E-state index < -0.39 is 0 Å². The molecular formula is C11H12ClNO2. The van der Waals surface area contributed by atoms with Gasteiger partial charge in [-0.1, -0.05) is 18.2 Å². The molecule has 1 amide bonds. The number of anilines is 1. The van der Waals surface area contributed by atoms with Gasteiger partial charge in [0.1, 0.15) is 0 Å². The molecule has 80 valence electrons. The lowest BCUT2D eigenvalue weighted by molar-refractivity contribution is -0.125. The molecule has 3 nitrogen and oxygen atoms in total. The number of alkyl halides is 1. The molecule has 0 aliphatic rings. The molecule has 15 heavy (non-hydrogen) atoms. The molecule has 4 heteroatoms. The summed E-state index contributed by atoms with van der Waals surface area (Å²) in [5.41, 5.74) is 0.768. The molecule has 0 fully saturated rings. The van der Waals surface area contributed by atoms with Gasteiger partial charge in [0.25, 0.3) is 0 Å². The Kier molecular flexibility index (Phi) is 4.31. The third-order valence-corrected chi connectivity index (χ3v) is 2.31. The molecule has 0 heterocycles. The van der Waals surface area contributed by atoms with E-state index in [2.05, 4.69) is 0 Å². The Labute approximate surface area is 93.6 Å². The number of Topliss-reactive ketones (excluding diaryl/α,β-unsaturated/α-hetero) is 1. The van der Waals surface area contributed by atoms with Crippen LogP contribution in [0.5, 0.6) is 0 Å². The number of benzene rings is 1. The van der Waals surface area contributed by atoms with Crippen molar-refractivity contribution in [3.8, 4) is 0 Å². The van der Waals surface area contributed by atoms with Crippen LogP contribution in [0.25, 0.3) is 0 Å². The van der Waals surface area contributed by atoms with E-state index in [4.69, 9.17) is 11.6 Å². The minimum Gasteiger partial charge on any atom is -0.315 e. The fourth-order valence-electron chi connectivity index (χ4n) is 1.13. The van der Waals surface area contributed by atoms with Crippen LogP contribution in [0.15, 0.2) is 30.3 Å². The summed E-state index contributed by atoms with van der Waals surface area (Å²) in [6, 6.07) is 9.16. The summed E-state index contributed by atoms with van der Waals surface area (Å²) in [5, 5.41) is 0. The summed E-state index contributed by atoms with van der Waals surface area (Å²) < 4.78 is 0. The minimum absolute atomic E-state index is 0.117. The zero-order valence-corrected chi connectivity index (χ0v) is 9.20. The molecule has 0 atom stereocenters. The average molecular weight is 226 g/mol. The van der Waals surface area contributed by atoms with E-state index in [-0.39, 0.29) is 24.0 Å². The Balaban J connectivity index is 2.65. The fraction of sp³-hybridized carbons (Fsp3) is 0.273. The molecule has 0 radical (unpaired) electrons. The lowest BCUT2D eigenvalue weighted by Gasteiger charge is -2.16. The van der Waals surface area contributed by atoms with Gasteiger partial charge in [-0.25, -0.2) is 0 Å². The normalized spacial score (nSPS) is 9.73. The van der Waals surface area contributed by atoms with Gasteiger partial charge in [0.05, 0.1) is 12.3 Å². The second kappa shape index (κ2) is 5.51. The van der Waals surface area contributed by atoms with E-state index in [1.165, 1.54) is 4.90 Å². The fourth-order valence-corrected chi connectivity index (χ4v) is 1.22. The number of carbonyl (C=O) groups is 2. The third-order valence-electron chi connectivity index (χ3n) is 2.02. The first-order valence-electron chi connectivity index (χ1n) is 4.54. The summed E-state index contributed by atoms with van der Waals surface area (Å²) in [5.74, 6) is -0.620. The van der Waals surface area contributed by atoms with Gasteiger partial charge in [-0.3, -0.25) is 9.59 Å². The van der Waals surface area contributed by atoms with Crippen LogP contribution >= 0.6 is 11.6 Å². The Hall–Kier alpha value is -1.35. The molecule has 0 aliphatic carbocycles. The van der Waals surface area contributed by atoms with Gasteiger partial charge < -0.3 is 4.90 Å². The summed E-state index contributed by atoms with van der Waals surface area (Å²) >= 11 is 5.33. The number of ketones is 1. The first-order valence-corrected chi connectivity index (χ1v) is 5.08. The quantitative estimate of drug-likeness (QED) is 0.579. The van der Waals surface area contributed by atoms with Gasteiger partial charge in [-0.05, 0) is 12.1 Å². The second-order valence-corrected chi connectivity index (χ2v) is 3.40.